The quantitative estimate of drug-likeness (QED) is 0.749. The van der Waals surface area contributed by atoms with E-state index in [-0.39, 0.29) is 12.2 Å². The summed E-state index contributed by atoms with van der Waals surface area (Å²) in [6.45, 7) is 1.84. The Kier molecular flexibility index (Phi) is 2.76. The van der Waals surface area contributed by atoms with Crippen LogP contribution < -0.4 is 4.74 Å². The van der Waals surface area contributed by atoms with E-state index in [9.17, 15) is 5.11 Å². The molecule has 0 radical (unpaired) electrons. The van der Waals surface area contributed by atoms with E-state index in [0.717, 1.165) is 5.56 Å². The van der Waals surface area contributed by atoms with Crippen molar-refractivity contribution in [2.45, 2.75) is 13.3 Å². The first-order valence-corrected chi connectivity index (χ1v) is 3.92. The second-order valence-electron chi connectivity index (χ2n) is 2.79. The lowest BCUT2D eigenvalue weighted by atomic mass is 10.1. The highest BCUT2D eigenvalue weighted by atomic mass is 16.5. The topological polar surface area (TPSA) is 53.2 Å². The Morgan fingerprint density at radius 3 is 2.77 bits per heavy atom. The standard InChI is InChI=1S/C10H11NO2/c1-7-5-9(12)8(3-4-11)6-10(7)13-2/h5-6,12H,3H2,1-2H3. The third kappa shape index (κ3) is 1.91. The van der Waals surface area contributed by atoms with Gasteiger partial charge >= 0.3 is 0 Å². The normalized spacial score (nSPS) is 9.31. The molecule has 3 heteroatoms. The minimum Gasteiger partial charge on any atom is -0.508 e. The van der Waals surface area contributed by atoms with Crippen LogP contribution in [0.25, 0.3) is 0 Å². The number of nitrogens with zero attached hydrogens (tertiary/aromatic N) is 1. The molecule has 0 heterocycles. The van der Waals surface area contributed by atoms with Gasteiger partial charge in [0.15, 0.2) is 0 Å². The lowest BCUT2D eigenvalue weighted by Crippen LogP contribution is -1.90. The molecule has 0 amide bonds. The number of hydrogen-bond donors (Lipinski definition) is 1. The molecule has 13 heavy (non-hydrogen) atoms. The summed E-state index contributed by atoms with van der Waals surface area (Å²) in [7, 11) is 1.57. The van der Waals surface area contributed by atoms with Crippen LogP contribution in [0, 0.1) is 18.3 Å². The average Bonchev–Trinajstić information content (AvgIpc) is 2.10. The number of methoxy groups -OCH3 is 1. The van der Waals surface area contributed by atoms with Crippen molar-refractivity contribution in [2.75, 3.05) is 7.11 Å². The molecule has 0 fully saturated rings. The first-order valence-electron chi connectivity index (χ1n) is 3.92. The molecule has 1 N–H and O–H groups in total. The van der Waals surface area contributed by atoms with Gasteiger partial charge in [-0.15, -0.1) is 0 Å². The number of phenols is 1. The maximum atomic E-state index is 9.44. The molecular weight excluding hydrogens is 166 g/mol. The van der Waals surface area contributed by atoms with Gasteiger partial charge in [-0.3, -0.25) is 0 Å². The number of rotatable bonds is 2. The van der Waals surface area contributed by atoms with Crippen LogP contribution in [0.5, 0.6) is 11.5 Å². The van der Waals surface area contributed by atoms with Crippen molar-refractivity contribution in [3.8, 4) is 17.6 Å². The molecule has 0 atom stereocenters. The van der Waals surface area contributed by atoms with Gasteiger partial charge in [-0.1, -0.05) is 0 Å². The van der Waals surface area contributed by atoms with Gasteiger partial charge in [-0.05, 0) is 24.6 Å². The van der Waals surface area contributed by atoms with E-state index in [1.165, 1.54) is 0 Å². The van der Waals surface area contributed by atoms with Crippen molar-refractivity contribution in [1.29, 1.82) is 5.26 Å². The Labute approximate surface area is 77.2 Å². The molecule has 1 aromatic carbocycles. The summed E-state index contributed by atoms with van der Waals surface area (Å²) in [5.74, 6) is 0.850. The fourth-order valence-corrected chi connectivity index (χ4v) is 1.16. The van der Waals surface area contributed by atoms with Crippen LogP contribution in [0.1, 0.15) is 11.1 Å². The summed E-state index contributed by atoms with van der Waals surface area (Å²) >= 11 is 0. The molecule has 0 aliphatic rings. The van der Waals surface area contributed by atoms with Crippen LogP contribution >= 0.6 is 0 Å². The van der Waals surface area contributed by atoms with Crippen molar-refractivity contribution in [2.24, 2.45) is 0 Å². The number of aromatic hydroxyl groups is 1. The second kappa shape index (κ2) is 3.81. The predicted molar refractivity (Wildman–Crippen MR) is 48.7 cm³/mol. The van der Waals surface area contributed by atoms with Crippen LogP contribution in [0.4, 0.5) is 0 Å². The summed E-state index contributed by atoms with van der Waals surface area (Å²) in [6, 6.07) is 5.27. The van der Waals surface area contributed by atoms with Crippen LogP contribution in [-0.2, 0) is 6.42 Å². The minimum atomic E-state index is 0.153. The highest BCUT2D eigenvalue weighted by molar-refractivity contribution is 5.46. The summed E-state index contributed by atoms with van der Waals surface area (Å²) in [4.78, 5) is 0. The molecule has 0 aliphatic carbocycles. The first-order chi connectivity index (χ1) is 6.19. The zero-order valence-corrected chi connectivity index (χ0v) is 7.66. The fourth-order valence-electron chi connectivity index (χ4n) is 1.16. The van der Waals surface area contributed by atoms with Crippen LogP contribution in [0.3, 0.4) is 0 Å². The molecule has 0 saturated carbocycles. The van der Waals surface area contributed by atoms with Gasteiger partial charge in [0.25, 0.3) is 0 Å². The third-order valence-electron chi connectivity index (χ3n) is 1.87. The Bertz CT molecular complexity index is 353. The smallest absolute Gasteiger partial charge is 0.122 e. The number of ether oxygens (including phenoxy) is 1. The molecule has 0 unspecified atom stereocenters. The van der Waals surface area contributed by atoms with Gasteiger partial charge in [-0.25, -0.2) is 0 Å². The number of aryl methyl sites for hydroxylation is 1. The van der Waals surface area contributed by atoms with Crippen molar-refractivity contribution in [3.05, 3.63) is 23.3 Å². The van der Waals surface area contributed by atoms with E-state index < -0.39 is 0 Å². The summed E-state index contributed by atoms with van der Waals surface area (Å²) in [6.07, 6.45) is 0.197. The molecule has 0 aliphatic heterocycles. The van der Waals surface area contributed by atoms with Gasteiger partial charge < -0.3 is 9.84 Å². The van der Waals surface area contributed by atoms with E-state index in [0.29, 0.717) is 11.3 Å². The summed E-state index contributed by atoms with van der Waals surface area (Å²) in [5, 5.41) is 17.9. The Morgan fingerprint density at radius 1 is 1.54 bits per heavy atom. The minimum absolute atomic E-state index is 0.153. The predicted octanol–water partition coefficient (Wildman–Crippen LogP) is 1.78. The van der Waals surface area contributed by atoms with Crippen molar-refractivity contribution in [3.63, 3.8) is 0 Å². The molecule has 3 nitrogen and oxygen atoms in total. The Hall–Kier alpha value is -1.69. The number of benzene rings is 1. The summed E-state index contributed by atoms with van der Waals surface area (Å²) in [5.41, 5.74) is 1.46. The van der Waals surface area contributed by atoms with Crippen LogP contribution in [0.2, 0.25) is 0 Å². The largest absolute Gasteiger partial charge is 0.508 e. The fraction of sp³-hybridized carbons (Fsp3) is 0.300. The lowest BCUT2D eigenvalue weighted by molar-refractivity contribution is 0.408. The number of phenolic OH excluding ortho intramolecular Hbond substituents is 1. The van der Waals surface area contributed by atoms with E-state index in [2.05, 4.69) is 0 Å². The van der Waals surface area contributed by atoms with Crippen LogP contribution in [-0.4, -0.2) is 12.2 Å². The first kappa shape index (κ1) is 9.40. The van der Waals surface area contributed by atoms with E-state index >= 15 is 0 Å². The lowest BCUT2D eigenvalue weighted by Gasteiger charge is -2.07. The van der Waals surface area contributed by atoms with Gasteiger partial charge in [0, 0.05) is 5.56 Å². The molecular formula is C10H11NO2. The van der Waals surface area contributed by atoms with E-state index in [1.54, 1.807) is 19.2 Å². The highest BCUT2D eigenvalue weighted by Gasteiger charge is 2.05. The molecule has 1 aromatic rings. The average molecular weight is 177 g/mol. The summed E-state index contributed by atoms with van der Waals surface area (Å²) < 4.78 is 5.07. The van der Waals surface area contributed by atoms with Gasteiger partial charge in [0.05, 0.1) is 19.6 Å². The second-order valence-corrected chi connectivity index (χ2v) is 2.79. The molecule has 1 rings (SSSR count). The zero-order chi connectivity index (χ0) is 9.84. The SMILES string of the molecule is COc1cc(CC#N)c(O)cc1C. The zero-order valence-electron chi connectivity index (χ0n) is 7.66. The molecule has 0 aromatic heterocycles. The van der Waals surface area contributed by atoms with Crippen LogP contribution in [0.15, 0.2) is 12.1 Å². The van der Waals surface area contributed by atoms with Crippen molar-refractivity contribution < 1.29 is 9.84 Å². The Morgan fingerprint density at radius 2 is 2.23 bits per heavy atom. The highest BCUT2D eigenvalue weighted by Crippen LogP contribution is 2.27. The number of hydrogen-bond acceptors (Lipinski definition) is 3. The monoisotopic (exact) mass is 177 g/mol. The third-order valence-corrected chi connectivity index (χ3v) is 1.87. The Balaban J connectivity index is 3.16. The molecule has 0 spiro atoms. The van der Waals surface area contributed by atoms with E-state index in [1.807, 2.05) is 13.0 Å². The van der Waals surface area contributed by atoms with Gasteiger partial charge in [0.1, 0.15) is 11.5 Å². The molecule has 0 bridgehead atoms. The maximum absolute atomic E-state index is 9.44. The van der Waals surface area contributed by atoms with Gasteiger partial charge in [0.2, 0.25) is 0 Å². The van der Waals surface area contributed by atoms with E-state index in [4.69, 9.17) is 10.00 Å². The van der Waals surface area contributed by atoms with Gasteiger partial charge in [-0.2, -0.15) is 5.26 Å². The number of nitriles is 1. The van der Waals surface area contributed by atoms with Crippen molar-refractivity contribution >= 4 is 0 Å². The van der Waals surface area contributed by atoms with Crippen molar-refractivity contribution in [1.82, 2.24) is 0 Å². The maximum Gasteiger partial charge on any atom is 0.122 e. The molecule has 0 saturated heterocycles. The molecule has 68 valence electrons.